The maximum absolute atomic E-state index is 4.15. The van der Waals surface area contributed by atoms with Gasteiger partial charge in [0, 0.05) is 29.9 Å². The Labute approximate surface area is 138 Å². The number of anilines is 1. The normalized spacial score (nSPS) is 11.4. The minimum atomic E-state index is 0.245. The molecule has 0 aliphatic carbocycles. The lowest BCUT2D eigenvalue weighted by Gasteiger charge is -2.28. The molecule has 0 radical (unpaired) electrons. The van der Waals surface area contributed by atoms with E-state index in [0.717, 1.165) is 35.8 Å². The summed E-state index contributed by atoms with van der Waals surface area (Å²) in [6, 6.07) is 0.245. The van der Waals surface area contributed by atoms with Crippen molar-refractivity contribution >= 4 is 16.5 Å². The Morgan fingerprint density at radius 1 is 1.41 bits per heavy atom. The number of rotatable bonds is 11. The fourth-order valence-electron chi connectivity index (χ4n) is 1.95. The van der Waals surface area contributed by atoms with Crippen molar-refractivity contribution in [3.8, 4) is 0 Å². The lowest BCUT2D eigenvalue weighted by atomic mass is 10.1. The van der Waals surface area contributed by atoms with Gasteiger partial charge < -0.3 is 4.90 Å². The number of thiazole rings is 1. The number of hydrazine groups is 1. The van der Waals surface area contributed by atoms with Gasteiger partial charge in [0.25, 0.3) is 0 Å². The highest BCUT2D eigenvalue weighted by Gasteiger charge is 2.12. The summed E-state index contributed by atoms with van der Waals surface area (Å²) in [6.07, 6.45) is 8.38. The van der Waals surface area contributed by atoms with Crippen LogP contribution in [0.5, 0.6) is 0 Å². The number of aryl methyl sites for hydroxylation is 1. The third kappa shape index (κ3) is 5.41. The fourth-order valence-corrected chi connectivity index (χ4v) is 2.66. The molecule has 1 atom stereocenters. The van der Waals surface area contributed by atoms with Gasteiger partial charge in [-0.05, 0) is 19.3 Å². The van der Waals surface area contributed by atoms with Crippen LogP contribution in [0.3, 0.4) is 0 Å². The van der Waals surface area contributed by atoms with Gasteiger partial charge in [-0.3, -0.25) is 0 Å². The van der Waals surface area contributed by atoms with Gasteiger partial charge in [-0.2, -0.15) is 5.43 Å². The average Bonchev–Trinajstić information content (AvgIpc) is 2.92. The van der Waals surface area contributed by atoms with Gasteiger partial charge in [0.1, 0.15) is 6.20 Å². The van der Waals surface area contributed by atoms with Gasteiger partial charge in [-0.15, -0.1) is 13.2 Å². The molecule has 1 heterocycles. The zero-order valence-corrected chi connectivity index (χ0v) is 14.5. The quantitative estimate of drug-likeness (QED) is 0.372. The first kappa shape index (κ1) is 18.0. The van der Waals surface area contributed by atoms with Gasteiger partial charge in [-0.1, -0.05) is 36.6 Å². The molecule has 0 amide bonds. The van der Waals surface area contributed by atoms with E-state index < -0.39 is 0 Å². The van der Waals surface area contributed by atoms with Crippen molar-refractivity contribution in [1.29, 1.82) is 0 Å². The number of nitrogens with zero attached hydrogens (tertiary/aromatic N) is 2. The number of likely N-dealkylation sites (N-methyl/N-ethyl adjacent to an activating group) is 1. The van der Waals surface area contributed by atoms with Crippen molar-refractivity contribution in [1.82, 2.24) is 10.3 Å². The van der Waals surface area contributed by atoms with Crippen LogP contribution in [0.15, 0.2) is 61.4 Å². The smallest absolute Gasteiger partial charge is 0.356 e. The predicted octanol–water partition coefficient (Wildman–Crippen LogP) is 3.36. The van der Waals surface area contributed by atoms with Crippen LogP contribution in [0.2, 0.25) is 0 Å². The summed E-state index contributed by atoms with van der Waals surface area (Å²) in [7, 11) is 4.04. The summed E-state index contributed by atoms with van der Waals surface area (Å²) in [5, 5.41) is 3.06. The molecule has 0 spiro atoms. The average molecular weight is 319 g/mol. The topological polar surface area (TPSA) is 31.2 Å². The van der Waals surface area contributed by atoms with Crippen LogP contribution < -0.4 is 15.4 Å². The molecular weight excluding hydrogens is 292 g/mol. The van der Waals surface area contributed by atoms with Gasteiger partial charge in [0.05, 0.1) is 7.05 Å². The molecular formula is C17H27N4S+. The lowest BCUT2D eigenvalue weighted by molar-refractivity contribution is -0.653. The van der Waals surface area contributed by atoms with Crippen molar-refractivity contribution in [3.63, 3.8) is 0 Å². The molecule has 0 bridgehead atoms. The molecule has 1 aromatic rings. The van der Waals surface area contributed by atoms with Gasteiger partial charge >= 0.3 is 5.13 Å². The van der Waals surface area contributed by atoms with Crippen LogP contribution >= 0.6 is 11.3 Å². The Morgan fingerprint density at radius 2 is 2.14 bits per heavy atom. The Hall–Kier alpha value is -2.01. The third-order valence-corrected chi connectivity index (χ3v) is 4.39. The molecule has 1 unspecified atom stereocenters. The molecule has 120 valence electrons. The first-order valence-electron chi connectivity index (χ1n) is 7.26. The summed E-state index contributed by atoms with van der Waals surface area (Å²) < 4.78 is 2.02. The van der Waals surface area contributed by atoms with Crippen molar-refractivity contribution in [2.75, 3.05) is 12.5 Å². The Kier molecular flexibility index (Phi) is 7.46. The number of hydrogen-bond donors (Lipinski definition) is 2. The number of nitrogens with one attached hydrogen (secondary N) is 2. The van der Waals surface area contributed by atoms with E-state index in [1.54, 1.807) is 11.3 Å². The minimum absolute atomic E-state index is 0.245. The monoisotopic (exact) mass is 319 g/mol. The molecule has 0 saturated heterocycles. The second kappa shape index (κ2) is 9.10. The molecule has 1 rings (SSSR count). The highest BCUT2D eigenvalue weighted by atomic mass is 32.1. The van der Waals surface area contributed by atoms with E-state index in [-0.39, 0.29) is 6.04 Å². The maximum Gasteiger partial charge on any atom is 0.356 e. The largest absolute Gasteiger partial charge is 0.372 e. The van der Waals surface area contributed by atoms with E-state index in [9.17, 15) is 0 Å². The molecule has 1 aromatic heterocycles. The number of aromatic nitrogens is 1. The zero-order chi connectivity index (χ0) is 16.5. The summed E-state index contributed by atoms with van der Waals surface area (Å²) in [6.45, 7) is 15.9. The van der Waals surface area contributed by atoms with Crippen molar-refractivity contribution in [3.05, 3.63) is 61.4 Å². The van der Waals surface area contributed by atoms with Gasteiger partial charge in [-0.25, -0.2) is 9.99 Å². The second-order valence-corrected chi connectivity index (χ2v) is 6.07. The summed E-state index contributed by atoms with van der Waals surface area (Å²) in [5.41, 5.74) is 8.30. The van der Waals surface area contributed by atoms with Crippen LogP contribution in [-0.4, -0.2) is 18.0 Å². The summed E-state index contributed by atoms with van der Waals surface area (Å²) in [5.74, 6) is 0. The second-order valence-electron chi connectivity index (χ2n) is 5.18. The first-order valence-corrected chi connectivity index (χ1v) is 8.14. The fraction of sp³-hybridized carbons (Fsp3) is 0.353. The van der Waals surface area contributed by atoms with E-state index in [2.05, 4.69) is 42.1 Å². The van der Waals surface area contributed by atoms with Crippen molar-refractivity contribution < 1.29 is 4.57 Å². The molecule has 5 heteroatoms. The highest BCUT2D eigenvalue weighted by molar-refractivity contribution is 7.13. The molecule has 4 nitrogen and oxygen atoms in total. The van der Waals surface area contributed by atoms with Crippen LogP contribution in [0.1, 0.15) is 19.3 Å². The zero-order valence-electron chi connectivity index (χ0n) is 13.6. The molecule has 22 heavy (non-hydrogen) atoms. The van der Waals surface area contributed by atoms with Crippen molar-refractivity contribution in [2.45, 2.75) is 25.3 Å². The van der Waals surface area contributed by atoms with Crippen LogP contribution in [0.4, 0.5) is 5.13 Å². The van der Waals surface area contributed by atoms with E-state index in [1.807, 2.05) is 42.4 Å². The van der Waals surface area contributed by atoms with Crippen LogP contribution in [0.25, 0.3) is 0 Å². The molecule has 0 fully saturated rings. The van der Waals surface area contributed by atoms with Gasteiger partial charge in [0.15, 0.2) is 0 Å². The van der Waals surface area contributed by atoms with E-state index in [0.29, 0.717) is 0 Å². The molecule has 0 aliphatic rings. The predicted molar refractivity (Wildman–Crippen MR) is 96.3 cm³/mol. The van der Waals surface area contributed by atoms with E-state index >= 15 is 0 Å². The Morgan fingerprint density at radius 3 is 2.68 bits per heavy atom. The number of hydrogen-bond acceptors (Lipinski definition) is 4. The standard InChI is InChI=1S/C17H26N4S/c1-7-9-16(8-2)21(6)15(4)11-10-14(3)18-19-17-20(5)12-13-22-17/h7-8,12-13,16,18H,1-4,9-11H2,5-6H3/p+1. The van der Waals surface area contributed by atoms with Crippen LogP contribution in [0, 0.1) is 0 Å². The molecule has 0 aromatic carbocycles. The Balaban J connectivity index is 2.36. The van der Waals surface area contributed by atoms with E-state index in [4.69, 9.17) is 0 Å². The first-order chi connectivity index (χ1) is 10.5. The SMILES string of the molecule is C=CCC(C=C)N(C)C(=C)CCC(=C)NNc1scc[n+]1C. The molecule has 0 saturated carbocycles. The lowest BCUT2D eigenvalue weighted by Crippen LogP contribution is -2.33. The van der Waals surface area contributed by atoms with E-state index in [1.165, 1.54) is 0 Å². The highest BCUT2D eigenvalue weighted by Crippen LogP contribution is 2.16. The maximum atomic E-state index is 4.15. The number of allylic oxidation sites excluding steroid dienone is 2. The van der Waals surface area contributed by atoms with Crippen molar-refractivity contribution in [2.24, 2.45) is 7.05 Å². The Bertz CT molecular complexity index is 533. The third-order valence-electron chi connectivity index (χ3n) is 3.52. The molecule has 0 aliphatic heterocycles. The minimum Gasteiger partial charge on any atom is -0.372 e. The summed E-state index contributed by atoms with van der Waals surface area (Å²) in [4.78, 5) is 2.15. The van der Waals surface area contributed by atoms with Gasteiger partial charge in [0.2, 0.25) is 0 Å². The van der Waals surface area contributed by atoms with Crippen LogP contribution in [-0.2, 0) is 7.05 Å². The summed E-state index contributed by atoms with van der Waals surface area (Å²) >= 11 is 1.64. The molecule has 2 N–H and O–H groups in total.